The minimum absolute atomic E-state index is 0.546. The summed E-state index contributed by atoms with van der Waals surface area (Å²) in [6.45, 7) is 1.95. The highest BCUT2D eigenvalue weighted by Gasteiger charge is 2.24. The van der Waals surface area contributed by atoms with E-state index < -0.39 is 0 Å². The molecule has 5 heteroatoms. The summed E-state index contributed by atoms with van der Waals surface area (Å²) in [5.74, 6) is 0.546. The number of nitrogens with one attached hydrogen (secondary N) is 2. The first-order valence-corrected chi connectivity index (χ1v) is 8.75. The van der Waals surface area contributed by atoms with Gasteiger partial charge in [0.25, 0.3) is 0 Å². The van der Waals surface area contributed by atoms with E-state index in [4.69, 9.17) is 12.2 Å². The summed E-state index contributed by atoms with van der Waals surface area (Å²) in [5.41, 5.74) is 4.62. The van der Waals surface area contributed by atoms with E-state index in [1.165, 1.54) is 5.56 Å². The predicted molar refractivity (Wildman–Crippen MR) is 102 cm³/mol. The summed E-state index contributed by atoms with van der Waals surface area (Å²) in [4.78, 5) is 10.1. The van der Waals surface area contributed by atoms with Crippen LogP contribution in [0.2, 0.25) is 0 Å². The molecule has 1 aliphatic rings. The van der Waals surface area contributed by atoms with Crippen molar-refractivity contribution in [2.24, 2.45) is 0 Å². The second kappa shape index (κ2) is 6.61. The zero-order valence-electron chi connectivity index (χ0n) is 13.4. The summed E-state index contributed by atoms with van der Waals surface area (Å²) in [6.07, 6.45) is 6.19. The van der Waals surface area contributed by atoms with Crippen molar-refractivity contribution in [3.8, 4) is 0 Å². The van der Waals surface area contributed by atoms with Gasteiger partial charge in [-0.25, -0.2) is 0 Å². The molecular weight excluding hydrogens is 316 g/mol. The minimum Gasteiger partial charge on any atom is -0.360 e. The van der Waals surface area contributed by atoms with Gasteiger partial charge >= 0.3 is 0 Å². The van der Waals surface area contributed by atoms with Gasteiger partial charge in [0.1, 0.15) is 0 Å². The quantitative estimate of drug-likeness (QED) is 0.690. The van der Waals surface area contributed by atoms with Crippen LogP contribution in [-0.4, -0.2) is 33.1 Å². The molecule has 1 aromatic carbocycles. The number of H-pyrrole nitrogens is 1. The Hall–Kier alpha value is -2.40. The van der Waals surface area contributed by atoms with Crippen LogP contribution in [0.3, 0.4) is 0 Å². The minimum atomic E-state index is 0.546. The third kappa shape index (κ3) is 2.99. The van der Waals surface area contributed by atoms with E-state index in [0.717, 1.165) is 47.8 Å². The predicted octanol–water partition coefficient (Wildman–Crippen LogP) is 4.14. The average molecular weight is 336 g/mol. The summed E-state index contributed by atoms with van der Waals surface area (Å²) < 4.78 is 0. The number of aromatic amines is 1. The van der Waals surface area contributed by atoms with Crippen LogP contribution < -0.4 is 5.32 Å². The number of benzene rings is 1. The lowest BCUT2D eigenvalue weighted by atomic mass is 9.90. The van der Waals surface area contributed by atoms with Gasteiger partial charge in [0.05, 0.1) is 11.0 Å². The topological polar surface area (TPSA) is 44.0 Å². The zero-order valence-corrected chi connectivity index (χ0v) is 14.2. The number of piperidine rings is 1. The largest absolute Gasteiger partial charge is 0.360 e. The zero-order chi connectivity index (χ0) is 16.4. The van der Waals surface area contributed by atoms with Gasteiger partial charge < -0.3 is 15.2 Å². The van der Waals surface area contributed by atoms with E-state index in [0.29, 0.717) is 5.92 Å². The Morgan fingerprint density at radius 1 is 1.12 bits per heavy atom. The molecule has 0 radical (unpaired) electrons. The number of fused-ring (bicyclic) bond motifs is 1. The molecule has 1 fully saturated rings. The van der Waals surface area contributed by atoms with Crippen molar-refractivity contribution in [1.82, 2.24) is 14.9 Å². The summed E-state index contributed by atoms with van der Waals surface area (Å²) >= 11 is 5.57. The standard InChI is InChI=1S/C19H20N4S/c24-19(22-15-5-2-1-3-6-15)23-11-8-14(9-12-23)16-13-21-17-7-4-10-20-18(16)17/h1-7,10,13-14,21H,8-9,11-12H2,(H,22,24). The fourth-order valence-electron chi connectivity index (χ4n) is 3.40. The number of hydrogen-bond acceptors (Lipinski definition) is 2. The molecule has 0 aliphatic carbocycles. The lowest BCUT2D eigenvalue weighted by molar-refractivity contribution is 0.317. The van der Waals surface area contributed by atoms with Gasteiger partial charge in [0.2, 0.25) is 0 Å². The monoisotopic (exact) mass is 336 g/mol. The summed E-state index contributed by atoms with van der Waals surface area (Å²) in [7, 11) is 0. The third-order valence-electron chi connectivity index (χ3n) is 4.71. The molecule has 0 unspecified atom stereocenters. The van der Waals surface area contributed by atoms with E-state index >= 15 is 0 Å². The normalized spacial score (nSPS) is 15.6. The van der Waals surface area contributed by atoms with Gasteiger partial charge in [0, 0.05) is 31.2 Å². The Morgan fingerprint density at radius 2 is 1.92 bits per heavy atom. The van der Waals surface area contributed by atoms with Gasteiger partial charge in [0.15, 0.2) is 5.11 Å². The van der Waals surface area contributed by atoms with Crippen LogP contribution in [-0.2, 0) is 0 Å². The number of thiocarbonyl (C=S) groups is 1. The number of para-hydroxylation sites is 1. The van der Waals surface area contributed by atoms with E-state index in [1.54, 1.807) is 0 Å². The Labute approximate surface area is 146 Å². The van der Waals surface area contributed by atoms with Crippen molar-refractivity contribution in [2.45, 2.75) is 18.8 Å². The molecule has 0 bridgehead atoms. The van der Waals surface area contributed by atoms with Gasteiger partial charge in [-0.2, -0.15) is 0 Å². The maximum atomic E-state index is 5.57. The molecule has 24 heavy (non-hydrogen) atoms. The van der Waals surface area contributed by atoms with Crippen LogP contribution in [0.15, 0.2) is 54.9 Å². The molecule has 0 atom stereocenters. The van der Waals surface area contributed by atoms with Crippen LogP contribution in [0.25, 0.3) is 11.0 Å². The van der Waals surface area contributed by atoms with Crippen molar-refractivity contribution in [1.29, 1.82) is 0 Å². The maximum Gasteiger partial charge on any atom is 0.173 e. The number of likely N-dealkylation sites (tertiary alicyclic amines) is 1. The molecule has 122 valence electrons. The van der Waals surface area contributed by atoms with Crippen molar-refractivity contribution >= 4 is 34.1 Å². The highest BCUT2D eigenvalue weighted by atomic mass is 32.1. The van der Waals surface area contributed by atoms with Crippen molar-refractivity contribution < 1.29 is 0 Å². The highest BCUT2D eigenvalue weighted by molar-refractivity contribution is 7.80. The summed E-state index contributed by atoms with van der Waals surface area (Å²) in [6, 6.07) is 14.2. The molecule has 0 saturated carbocycles. The van der Waals surface area contributed by atoms with Crippen molar-refractivity contribution in [2.75, 3.05) is 18.4 Å². The molecule has 1 saturated heterocycles. The Balaban J connectivity index is 1.41. The fraction of sp³-hybridized carbons (Fsp3) is 0.263. The fourth-order valence-corrected chi connectivity index (χ4v) is 3.70. The number of hydrogen-bond donors (Lipinski definition) is 2. The first-order valence-electron chi connectivity index (χ1n) is 8.34. The van der Waals surface area contributed by atoms with Gasteiger partial charge in [-0.05, 0) is 60.8 Å². The van der Waals surface area contributed by atoms with Crippen LogP contribution in [0.5, 0.6) is 0 Å². The van der Waals surface area contributed by atoms with Crippen molar-refractivity contribution in [3.63, 3.8) is 0 Å². The second-order valence-corrected chi connectivity index (χ2v) is 6.59. The number of rotatable bonds is 2. The molecule has 2 N–H and O–H groups in total. The Kier molecular flexibility index (Phi) is 4.17. The lowest BCUT2D eigenvalue weighted by Gasteiger charge is -2.33. The van der Waals surface area contributed by atoms with E-state index in [-0.39, 0.29) is 0 Å². The third-order valence-corrected chi connectivity index (χ3v) is 5.07. The molecule has 3 heterocycles. The van der Waals surface area contributed by atoms with Gasteiger partial charge in [-0.1, -0.05) is 18.2 Å². The first kappa shape index (κ1) is 15.1. The highest BCUT2D eigenvalue weighted by Crippen LogP contribution is 2.32. The van der Waals surface area contributed by atoms with Gasteiger partial charge in [-0.3, -0.25) is 4.98 Å². The van der Waals surface area contributed by atoms with Gasteiger partial charge in [-0.15, -0.1) is 0 Å². The molecule has 3 aromatic rings. The number of anilines is 1. The van der Waals surface area contributed by atoms with Crippen LogP contribution in [0.1, 0.15) is 24.3 Å². The van der Waals surface area contributed by atoms with Crippen LogP contribution in [0, 0.1) is 0 Å². The SMILES string of the molecule is S=C(Nc1ccccc1)N1CCC(c2c[nH]c3cccnc23)CC1. The maximum absolute atomic E-state index is 5.57. The number of pyridine rings is 1. The molecule has 1 aliphatic heterocycles. The molecule has 0 spiro atoms. The molecule has 0 amide bonds. The lowest BCUT2D eigenvalue weighted by Crippen LogP contribution is -2.40. The van der Waals surface area contributed by atoms with Crippen LogP contribution in [0.4, 0.5) is 5.69 Å². The second-order valence-electron chi connectivity index (χ2n) is 6.20. The average Bonchev–Trinajstić information content (AvgIpc) is 3.07. The van der Waals surface area contributed by atoms with E-state index in [1.807, 2.05) is 42.6 Å². The molecule has 4 nitrogen and oxygen atoms in total. The molecular formula is C19H20N4S. The Morgan fingerprint density at radius 3 is 2.71 bits per heavy atom. The smallest absolute Gasteiger partial charge is 0.173 e. The van der Waals surface area contributed by atoms with Crippen molar-refractivity contribution in [3.05, 3.63) is 60.4 Å². The number of aromatic nitrogens is 2. The Bertz CT molecular complexity index is 835. The number of nitrogens with zero attached hydrogens (tertiary/aromatic N) is 2. The van der Waals surface area contributed by atoms with E-state index in [2.05, 4.69) is 32.4 Å². The van der Waals surface area contributed by atoms with E-state index in [9.17, 15) is 0 Å². The van der Waals surface area contributed by atoms with Crippen LogP contribution >= 0.6 is 12.2 Å². The molecule has 4 rings (SSSR count). The molecule has 2 aromatic heterocycles. The first-order chi connectivity index (χ1) is 11.8. The summed E-state index contributed by atoms with van der Waals surface area (Å²) in [5, 5.41) is 4.15.